The highest BCUT2D eigenvalue weighted by Gasteiger charge is 2.26. The average molecular weight is 255 g/mol. The molecular weight excluding hydrogens is 226 g/mol. The van der Waals surface area contributed by atoms with Crippen LogP contribution in [-0.4, -0.2) is 23.2 Å². The Bertz CT molecular complexity index is 231. The third-order valence-electron chi connectivity index (χ3n) is 3.85. The molecule has 1 aliphatic heterocycles. The van der Waals surface area contributed by atoms with Gasteiger partial charge in [0.1, 0.15) is 0 Å². The van der Waals surface area contributed by atoms with Gasteiger partial charge in [-0.2, -0.15) is 0 Å². The number of nitrogens with one attached hydrogen (secondary N) is 1. The highest BCUT2D eigenvalue weighted by molar-refractivity contribution is 5.78. The van der Waals surface area contributed by atoms with Crippen LogP contribution in [-0.2, 0) is 4.79 Å². The molecule has 18 heavy (non-hydrogen) atoms. The summed E-state index contributed by atoms with van der Waals surface area (Å²) in [6, 6.07) is 0.0158. The van der Waals surface area contributed by atoms with Crippen LogP contribution in [0.5, 0.6) is 0 Å². The lowest BCUT2D eigenvalue weighted by atomic mass is 10.0. The molecule has 0 unspecified atom stereocenters. The van der Waals surface area contributed by atoms with Crippen molar-refractivity contribution in [2.24, 2.45) is 0 Å². The minimum atomic E-state index is -0.337. The lowest BCUT2D eigenvalue weighted by Gasteiger charge is -2.17. The maximum Gasteiger partial charge on any atom is 0.220 e. The van der Waals surface area contributed by atoms with Crippen molar-refractivity contribution in [2.75, 3.05) is 0 Å². The van der Waals surface area contributed by atoms with E-state index < -0.39 is 0 Å². The molecule has 1 fully saturated rings. The predicted molar refractivity (Wildman–Crippen MR) is 74.4 cm³/mol. The largest absolute Gasteiger partial charge is 0.391 e. The number of rotatable bonds is 10. The number of carbonyl (C=O) groups is 1. The first-order valence-electron chi connectivity index (χ1n) is 7.71. The first-order valence-corrected chi connectivity index (χ1v) is 7.71. The molecule has 2 N–H and O–H groups in total. The minimum Gasteiger partial charge on any atom is -0.391 e. The fourth-order valence-electron chi connectivity index (χ4n) is 2.61. The van der Waals surface area contributed by atoms with Crippen LogP contribution in [0.15, 0.2) is 0 Å². The van der Waals surface area contributed by atoms with Gasteiger partial charge in [0.2, 0.25) is 5.91 Å². The molecule has 1 heterocycles. The fourth-order valence-corrected chi connectivity index (χ4v) is 2.61. The van der Waals surface area contributed by atoms with Crippen molar-refractivity contribution < 1.29 is 9.90 Å². The Labute approximate surface area is 111 Å². The third kappa shape index (κ3) is 6.39. The maximum atomic E-state index is 11.0. The first kappa shape index (κ1) is 15.5. The Morgan fingerprint density at radius 3 is 2.33 bits per heavy atom. The van der Waals surface area contributed by atoms with Crippen molar-refractivity contribution in [2.45, 2.75) is 89.7 Å². The molecule has 106 valence electrons. The van der Waals surface area contributed by atoms with E-state index in [1.807, 2.05) is 0 Å². The van der Waals surface area contributed by atoms with E-state index in [0.29, 0.717) is 6.42 Å². The molecule has 0 radical (unpaired) electrons. The standard InChI is InChI=1S/C15H29NO2/c1-2-3-4-5-6-7-8-9-10-14(17)13-11-12-15(18)16-13/h13-14,17H,2-12H2,1H3,(H,16,18)/t13-,14-/m0/s1. The van der Waals surface area contributed by atoms with Crippen LogP contribution in [0.3, 0.4) is 0 Å². The van der Waals surface area contributed by atoms with E-state index in [1.54, 1.807) is 0 Å². The molecule has 3 nitrogen and oxygen atoms in total. The molecule has 0 saturated carbocycles. The van der Waals surface area contributed by atoms with Crippen molar-refractivity contribution in [3.63, 3.8) is 0 Å². The molecule has 1 rings (SSSR count). The van der Waals surface area contributed by atoms with E-state index in [-0.39, 0.29) is 18.1 Å². The van der Waals surface area contributed by atoms with E-state index in [9.17, 15) is 9.90 Å². The van der Waals surface area contributed by atoms with Gasteiger partial charge >= 0.3 is 0 Å². The first-order chi connectivity index (χ1) is 8.74. The summed E-state index contributed by atoms with van der Waals surface area (Å²) in [7, 11) is 0. The summed E-state index contributed by atoms with van der Waals surface area (Å²) < 4.78 is 0. The van der Waals surface area contributed by atoms with Gasteiger partial charge in [0.25, 0.3) is 0 Å². The zero-order valence-electron chi connectivity index (χ0n) is 11.8. The fraction of sp³-hybridized carbons (Fsp3) is 0.933. The molecule has 0 spiro atoms. The minimum absolute atomic E-state index is 0.0158. The molecular formula is C15H29NO2. The number of amides is 1. The van der Waals surface area contributed by atoms with E-state index in [4.69, 9.17) is 0 Å². The Morgan fingerprint density at radius 2 is 1.78 bits per heavy atom. The highest BCUT2D eigenvalue weighted by Crippen LogP contribution is 2.16. The highest BCUT2D eigenvalue weighted by atomic mass is 16.3. The van der Waals surface area contributed by atoms with Crippen LogP contribution in [0.2, 0.25) is 0 Å². The van der Waals surface area contributed by atoms with Gasteiger partial charge < -0.3 is 10.4 Å². The lowest BCUT2D eigenvalue weighted by Crippen LogP contribution is -2.36. The summed E-state index contributed by atoms with van der Waals surface area (Å²) in [6.07, 6.45) is 12.2. The van der Waals surface area contributed by atoms with Crippen molar-refractivity contribution in [3.05, 3.63) is 0 Å². The molecule has 2 atom stereocenters. The van der Waals surface area contributed by atoms with Gasteiger partial charge in [-0.1, -0.05) is 58.3 Å². The summed E-state index contributed by atoms with van der Waals surface area (Å²) in [6.45, 7) is 2.24. The van der Waals surface area contributed by atoms with Gasteiger partial charge in [0, 0.05) is 6.42 Å². The maximum absolute atomic E-state index is 11.0. The smallest absolute Gasteiger partial charge is 0.220 e. The van der Waals surface area contributed by atoms with Crippen molar-refractivity contribution in [1.82, 2.24) is 5.32 Å². The van der Waals surface area contributed by atoms with Crippen LogP contribution in [0.25, 0.3) is 0 Å². The van der Waals surface area contributed by atoms with Crippen molar-refractivity contribution >= 4 is 5.91 Å². The second-order valence-electron chi connectivity index (χ2n) is 5.54. The summed E-state index contributed by atoms with van der Waals surface area (Å²) in [5.74, 6) is 0.0926. The summed E-state index contributed by atoms with van der Waals surface area (Å²) >= 11 is 0. The molecule has 0 aliphatic carbocycles. The number of hydrogen-bond acceptors (Lipinski definition) is 2. The molecule has 1 aliphatic rings. The summed E-state index contributed by atoms with van der Waals surface area (Å²) in [5.41, 5.74) is 0. The molecule has 0 aromatic carbocycles. The number of carbonyl (C=O) groups excluding carboxylic acids is 1. The number of aliphatic hydroxyl groups is 1. The van der Waals surface area contributed by atoms with Gasteiger partial charge in [-0.15, -0.1) is 0 Å². The number of aliphatic hydroxyl groups excluding tert-OH is 1. The van der Waals surface area contributed by atoms with Crippen LogP contribution in [0.4, 0.5) is 0 Å². The van der Waals surface area contributed by atoms with Gasteiger partial charge in [-0.25, -0.2) is 0 Å². The Hall–Kier alpha value is -0.570. The zero-order valence-corrected chi connectivity index (χ0v) is 11.8. The normalized spacial score (nSPS) is 21.0. The van der Waals surface area contributed by atoms with Crippen molar-refractivity contribution in [3.8, 4) is 0 Å². The van der Waals surface area contributed by atoms with E-state index >= 15 is 0 Å². The van der Waals surface area contributed by atoms with Gasteiger partial charge in [0.15, 0.2) is 0 Å². The molecule has 3 heteroatoms. The Kier molecular flexibility index (Phi) is 8.06. The second kappa shape index (κ2) is 9.37. The van der Waals surface area contributed by atoms with Crippen LogP contribution >= 0.6 is 0 Å². The van der Waals surface area contributed by atoms with Crippen LogP contribution in [0, 0.1) is 0 Å². The van der Waals surface area contributed by atoms with Gasteiger partial charge in [-0.05, 0) is 12.8 Å². The Morgan fingerprint density at radius 1 is 1.17 bits per heavy atom. The average Bonchev–Trinajstić information content (AvgIpc) is 2.79. The second-order valence-corrected chi connectivity index (χ2v) is 5.54. The molecule has 0 aromatic rings. The number of unbranched alkanes of at least 4 members (excludes halogenated alkanes) is 7. The topological polar surface area (TPSA) is 49.3 Å². The predicted octanol–water partition coefficient (Wildman–Crippen LogP) is 3.16. The van der Waals surface area contributed by atoms with E-state index in [0.717, 1.165) is 19.3 Å². The van der Waals surface area contributed by atoms with Gasteiger partial charge in [0.05, 0.1) is 12.1 Å². The molecule has 1 amide bonds. The van der Waals surface area contributed by atoms with E-state index in [2.05, 4.69) is 12.2 Å². The SMILES string of the molecule is CCCCCCCCCC[C@H](O)[C@@H]1CCC(=O)N1. The Balaban J connectivity index is 1.89. The lowest BCUT2D eigenvalue weighted by molar-refractivity contribution is -0.119. The third-order valence-corrected chi connectivity index (χ3v) is 3.85. The molecule has 0 aromatic heterocycles. The molecule has 0 bridgehead atoms. The van der Waals surface area contributed by atoms with Crippen LogP contribution < -0.4 is 5.32 Å². The summed E-state index contributed by atoms with van der Waals surface area (Å²) in [4.78, 5) is 11.0. The monoisotopic (exact) mass is 255 g/mol. The quantitative estimate of drug-likeness (QED) is 0.589. The van der Waals surface area contributed by atoms with E-state index in [1.165, 1.54) is 44.9 Å². The van der Waals surface area contributed by atoms with Gasteiger partial charge in [-0.3, -0.25) is 4.79 Å². The van der Waals surface area contributed by atoms with Crippen LogP contribution in [0.1, 0.15) is 77.6 Å². The molecule has 1 saturated heterocycles. The summed E-state index contributed by atoms with van der Waals surface area (Å²) in [5, 5.41) is 12.8. The number of hydrogen-bond donors (Lipinski definition) is 2. The zero-order chi connectivity index (χ0) is 13.2. The van der Waals surface area contributed by atoms with Crippen molar-refractivity contribution in [1.29, 1.82) is 0 Å².